The molecule has 102 valence electrons. The third kappa shape index (κ3) is 1.59. The number of nitrogens with zero attached hydrogens (tertiary/aromatic N) is 2. The van der Waals surface area contributed by atoms with Crippen LogP contribution >= 0.6 is 0 Å². The molecule has 0 aromatic carbocycles. The highest BCUT2D eigenvalue weighted by Crippen LogP contribution is 2.43. The van der Waals surface area contributed by atoms with Crippen LogP contribution in [-0.4, -0.2) is 74.7 Å². The summed E-state index contributed by atoms with van der Waals surface area (Å²) in [4.78, 5) is 5.10. The normalized spacial score (nSPS) is 47.7. The Morgan fingerprint density at radius 1 is 1.22 bits per heavy atom. The quantitative estimate of drug-likeness (QED) is 0.661. The minimum Gasteiger partial charge on any atom is -0.315 e. The van der Waals surface area contributed by atoms with Crippen molar-refractivity contribution in [2.24, 2.45) is 11.3 Å². The number of fused-ring (bicyclic) bond motifs is 1. The number of rotatable bonds is 1. The Bertz CT molecular complexity index is 341. The summed E-state index contributed by atoms with van der Waals surface area (Å²) in [6, 6.07) is 2.34. The van der Waals surface area contributed by atoms with Gasteiger partial charge < -0.3 is 20.4 Å². The van der Waals surface area contributed by atoms with E-state index in [9.17, 15) is 0 Å². The SMILES string of the molecule is CN1CCC2C(C1)NC2C1CC2(CNC2)CN1C. The van der Waals surface area contributed by atoms with Gasteiger partial charge in [0.2, 0.25) is 0 Å². The Labute approximate surface area is 110 Å². The first-order chi connectivity index (χ1) is 8.67. The molecule has 0 amide bonds. The number of hydrogen-bond donors (Lipinski definition) is 2. The molecular weight excluding hydrogens is 224 g/mol. The lowest BCUT2D eigenvalue weighted by Gasteiger charge is -2.54. The first kappa shape index (κ1) is 11.6. The molecule has 4 atom stereocenters. The molecule has 0 aliphatic carbocycles. The maximum atomic E-state index is 3.87. The van der Waals surface area contributed by atoms with Crippen LogP contribution in [0.4, 0.5) is 0 Å². The van der Waals surface area contributed by atoms with Crippen LogP contribution in [0.3, 0.4) is 0 Å². The monoisotopic (exact) mass is 250 g/mol. The molecule has 18 heavy (non-hydrogen) atoms. The second-order valence-corrected chi connectivity index (χ2v) is 7.30. The molecule has 4 unspecified atom stereocenters. The van der Waals surface area contributed by atoms with Gasteiger partial charge in [-0.1, -0.05) is 0 Å². The van der Waals surface area contributed by atoms with E-state index in [4.69, 9.17) is 0 Å². The van der Waals surface area contributed by atoms with E-state index in [-0.39, 0.29) is 0 Å². The second kappa shape index (κ2) is 3.92. The van der Waals surface area contributed by atoms with Crippen LogP contribution in [0.1, 0.15) is 12.8 Å². The molecule has 4 fully saturated rings. The lowest BCUT2D eigenvalue weighted by molar-refractivity contribution is 0.0145. The minimum atomic E-state index is 0.623. The highest BCUT2D eigenvalue weighted by molar-refractivity contribution is 5.12. The summed E-state index contributed by atoms with van der Waals surface area (Å²) >= 11 is 0. The van der Waals surface area contributed by atoms with Gasteiger partial charge in [-0.25, -0.2) is 0 Å². The molecule has 4 rings (SSSR count). The zero-order chi connectivity index (χ0) is 12.3. The first-order valence-electron chi connectivity index (χ1n) is 7.52. The number of hydrogen-bond acceptors (Lipinski definition) is 4. The molecule has 4 nitrogen and oxygen atoms in total. The molecule has 4 saturated heterocycles. The molecule has 0 aromatic rings. The Morgan fingerprint density at radius 2 is 2.06 bits per heavy atom. The Hall–Kier alpha value is -0.160. The molecule has 2 N–H and O–H groups in total. The van der Waals surface area contributed by atoms with Crippen molar-refractivity contribution in [1.82, 2.24) is 20.4 Å². The van der Waals surface area contributed by atoms with E-state index in [0.717, 1.165) is 24.0 Å². The Balaban J connectivity index is 1.43. The van der Waals surface area contributed by atoms with Crippen LogP contribution in [0.25, 0.3) is 0 Å². The molecule has 4 aliphatic heterocycles. The lowest BCUT2D eigenvalue weighted by atomic mass is 9.71. The van der Waals surface area contributed by atoms with Crippen LogP contribution in [0, 0.1) is 11.3 Å². The highest BCUT2D eigenvalue weighted by Gasteiger charge is 2.54. The number of piperidine rings is 1. The van der Waals surface area contributed by atoms with Gasteiger partial charge in [-0.3, -0.25) is 0 Å². The van der Waals surface area contributed by atoms with Gasteiger partial charge in [0, 0.05) is 49.7 Å². The summed E-state index contributed by atoms with van der Waals surface area (Å²) in [7, 11) is 4.59. The maximum Gasteiger partial charge on any atom is 0.0270 e. The fourth-order valence-corrected chi connectivity index (χ4v) is 4.83. The third-order valence-corrected chi connectivity index (χ3v) is 5.94. The molecule has 4 heterocycles. The molecule has 1 spiro atoms. The van der Waals surface area contributed by atoms with Gasteiger partial charge in [-0.15, -0.1) is 0 Å². The van der Waals surface area contributed by atoms with Crippen molar-refractivity contribution in [3.8, 4) is 0 Å². The van der Waals surface area contributed by atoms with Crippen LogP contribution in [-0.2, 0) is 0 Å². The first-order valence-corrected chi connectivity index (χ1v) is 7.52. The van der Waals surface area contributed by atoms with Gasteiger partial charge in [0.05, 0.1) is 0 Å². The van der Waals surface area contributed by atoms with Crippen molar-refractivity contribution < 1.29 is 0 Å². The van der Waals surface area contributed by atoms with Crippen LogP contribution in [0.5, 0.6) is 0 Å². The number of likely N-dealkylation sites (tertiary alicyclic amines) is 2. The van der Waals surface area contributed by atoms with Crippen molar-refractivity contribution in [2.75, 3.05) is 46.8 Å². The van der Waals surface area contributed by atoms with Crippen molar-refractivity contribution in [3.63, 3.8) is 0 Å². The highest BCUT2D eigenvalue weighted by atomic mass is 15.3. The molecule has 0 bridgehead atoms. The van der Waals surface area contributed by atoms with Crippen LogP contribution in [0.15, 0.2) is 0 Å². The third-order valence-electron chi connectivity index (χ3n) is 5.94. The average Bonchev–Trinajstić information content (AvgIpc) is 2.60. The van der Waals surface area contributed by atoms with Gasteiger partial charge in [-0.05, 0) is 39.4 Å². The molecule has 4 aliphatic rings. The van der Waals surface area contributed by atoms with Crippen molar-refractivity contribution in [1.29, 1.82) is 0 Å². The van der Waals surface area contributed by atoms with E-state index >= 15 is 0 Å². The largest absolute Gasteiger partial charge is 0.315 e. The number of nitrogens with one attached hydrogen (secondary N) is 2. The molecule has 0 aromatic heterocycles. The summed E-state index contributed by atoms with van der Waals surface area (Å²) in [5.41, 5.74) is 0.623. The minimum absolute atomic E-state index is 0.623. The van der Waals surface area contributed by atoms with Crippen molar-refractivity contribution >= 4 is 0 Å². The van der Waals surface area contributed by atoms with E-state index < -0.39 is 0 Å². The summed E-state index contributed by atoms with van der Waals surface area (Å²) in [6.45, 7) is 6.35. The second-order valence-electron chi connectivity index (χ2n) is 7.30. The molecule has 4 heteroatoms. The van der Waals surface area contributed by atoms with E-state index in [1.165, 1.54) is 45.6 Å². The summed E-state index contributed by atoms with van der Waals surface area (Å²) < 4.78 is 0. The van der Waals surface area contributed by atoms with E-state index in [2.05, 4.69) is 34.5 Å². The topological polar surface area (TPSA) is 30.5 Å². The van der Waals surface area contributed by atoms with Gasteiger partial charge in [0.25, 0.3) is 0 Å². The predicted molar refractivity (Wildman–Crippen MR) is 72.7 cm³/mol. The molecular formula is C14H26N4. The summed E-state index contributed by atoms with van der Waals surface area (Å²) in [5.74, 6) is 0.942. The predicted octanol–water partition coefficient (Wildman–Crippen LogP) is -0.428. The number of likely N-dealkylation sites (N-methyl/N-ethyl adjacent to an activating group) is 2. The van der Waals surface area contributed by atoms with Gasteiger partial charge in [0.15, 0.2) is 0 Å². The zero-order valence-corrected chi connectivity index (χ0v) is 11.7. The lowest BCUT2D eigenvalue weighted by Crippen LogP contribution is -2.72. The van der Waals surface area contributed by atoms with Gasteiger partial charge >= 0.3 is 0 Å². The summed E-state index contributed by atoms with van der Waals surface area (Å²) in [6.07, 6.45) is 2.81. The Morgan fingerprint density at radius 3 is 2.67 bits per heavy atom. The van der Waals surface area contributed by atoms with Crippen molar-refractivity contribution in [3.05, 3.63) is 0 Å². The van der Waals surface area contributed by atoms with Gasteiger partial charge in [0.1, 0.15) is 0 Å². The van der Waals surface area contributed by atoms with E-state index in [0.29, 0.717) is 5.41 Å². The van der Waals surface area contributed by atoms with E-state index in [1.54, 1.807) is 0 Å². The van der Waals surface area contributed by atoms with Crippen LogP contribution in [0.2, 0.25) is 0 Å². The Kier molecular flexibility index (Phi) is 2.54. The fraction of sp³-hybridized carbons (Fsp3) is 1.00. The maximum absolute atomic E-state index is 3.87. The van der Waals surface area contributed by atoms with Crippen molar-refractivity contribution in [2.45, 2.75) is 31.0 Å². The summed E-state index contributed by atoms with van der Waals surface area (Å²) in [5, 5.41) is 7.34. The van der Waals surface area contributed by atoms with Gasteiger partial charge in [-0.2, -0.15) is 0 Å². The van der Waals surface area contributed by atoms with E-state index in [1.807, 2.05) is 0 Å². The smallest absolute Gasteiger partial charge is 0.0270 e. The van der Waals surface area contributed by atoms with Crippen LogP contribution < -0.4 is 10.6 Å². The molecule has 0 saturated carbocycles. The zero-order valence-electron chi connectivity index (χ0n) is 11.7. The molecule has 0 radical (unpaired) electrons. The fourth-order valence-electron chi connectivity index (χ4n) is 4.83. The average molecular weight is 250 g/mol. The standard InChI is InChI=1S/C14H26N4/c1-17-4-3-10-11(6-17)16-13(10)12-5-14(7-15-8-14)9-18(12)2/h10-13,15-16H,3-9H2,1-2H3.